The lowest BCUT2D eigenvalue weighted by Crippen LogP contribution is -1.90. The molecule has 4 rings (SSSR count). The van der Waals surface area contributed by atoms with Gasteiger partial charge in [-0.15, -0.1) is 10.2 Å². The van der Waals surface area contributed by atoms with Crippen LogP contribution in [-0.2, 0) is 5.75 Å². The minimum absolute atomic E-state index is 0.394. The molecule has 0 atom stereocenters. The molecule has 0 unspecified atom stereocenters. The number of para-hydroxylation sites is 2. The second-order valence-corrected chi connectivity index (χ2v) is 7.18. The summed E-state index contributed by atoms with van der Waals surface area (Å²) in [6.45, 7) is 0. The second-order valence-electron chi connectivity index (χ2n) is 6.25. The van der Waals surface area contributed by atoms with Crippen molar-refractivity contribution in [2.45, 2.75) is 11.0 Å². The van der Waals surface area contributed by atoms with Crippen LogP contribution in [0.3, 0.4) is 0 Å². The number of thioether (sulfide) groups is 1. The summed E-state index contributed by atoms with van der Waals surface area (Å²) in [6, 6.07) is 23.0. The van der Waals surface area contributed by atoms with E-state index < -0.39 is 0 Å². The highest BCUT2D eigenvalue weighted by atomic mass is 32.2. The first-order valence-electron chi connectivity index (χ1n) is 9.26. The summed E-state index contributed by atoms with van der Waals surface area (Å²) < 4.78 is 22.5. The number of methoxy groups -OCH3 is 2. The van der Waals surface area contributed by atoms with Gasteiger partial charge in [0.2, 0.25) is 0 Å². The molecule has 0 saturated carbocycles. The molecule has 1 heterocycles. The fourth-order valence-corrected chi connectivity index (χ4v) is 3.58. The first-order chi connectivity index (χ1) is 14.8. The summed E-state index contributed by atoms with van der Waals surface area (Å²) in [5.41, 5.74) is 1.75. The fourth-order valence-electron chi connectivity index (χ4n) is 2.83. The minimum Gasteiger partial charge on any atom is -0.497 e. The molecule has 0 N–H and O–H groups in total. The van der Waals surface area contributed by atoms with Crippen LogP contribution in [0, 0.1) is 0 Å². The van der Waals surface area contributed by atoms with Crippen LogP contribution in [0.15, 0.2) is 82.4 Å². The maximum absolute atomic E-state index is 6.02. The van der Waals surface area contributed by atoms with Gasteiger partial charge in [-0.3, -0.25) is 0 Å². The number of hydrogen-bond donors (Lipinski definition) is 0. The molecule has 3 aromatic carbocycles. The summed E-state index contributed by atoms with van der Waals surface area (Å²) in [5.74, 6) is 3.92. The molecule has 0 fully saturated rings. The van der Waals surface area contributed by atoms with Crippen molar-refractivity contribution in [2.75, 3.05) is 14.2 Å². The molecule has 0 spiro atoms. The molecule has 0 saturated heterocycles. The Labute approximate surface area is 178 Å². The van der Waals surface area contributed by atoms with E-state index in [0.29, 0.717) is 33.9 Å². The maximum Gasteiger partial charge on any atom is 0.277 e. The normalized spacial score (nSPS) is 10.6. The minimum atomic E-state index is 0.394. The number of ether oxygens (including phenoxy) is 3. The van der Waals surface area contributed by atoms with Crippen LogP contribution >= 0.6 is 11.8 Å². The smallest absolute Gasteiger partial charge is 0.277 e. The maximum atomic E-state index is 6.02. The van der Waals surface area contributed by atoms with Crippen LogP contribution in [0.25, 0.3) is 11.5 Å². The van der Waals surface area contributed by atoms with Crippen LogP contribution in [0.1, 0.15) is 5.56 Å². The van der Waals surface area contributed by atoms with Crippen molar-refractivity contribution < 1.29 is 18.6 Å². The summed E-state index contributed by atoms with van der Waals surface area (Å²) >= 11 is 1.45. The van der Waals surface area contributed by atoms with E-state index in [-0.39, 0.29) is 0 Å². The molecule has 30 heavy (non-hydrogen) atoms. The lowest BCUT2D eigenvalue weighted by Gasteiger charge is -2.10. The molecule has 4 aromatic rings. The van der Waals surface area contributed by atoms with Gasteiger partial charge >= 0.3 is 0 Å². The van der Waals surface area contributed by atoms with Gasteiger partial charge in [0.15, 0.2) is 0 Å². The van der Waals surface area contributed by atoms with E-state index in [1.807, 2.05) is 66.7 Å². The van der Waals surface area contributed by atoms with Gasteiger partial charge in [0.25, 0.3) is 11.1 Å². The Balaban J connectivity index is 1.48. The highest BCUT2D eigenvalue weighted by Crippen LogP contribution is 2.35. The van der Waals surface area contributed by atoms with Gasteiger partial charge in [-0.2, -0.15) is 0 Å². The van der Waals surface area contributed by atoms with Crippen LogP contribution in [0.4, 0.5) is 0 Å². The number of hydrogen-bond acceptors (Lipinski definition) is 7. The lowest BCUT2D eigenvalue weighted by atomic mass is 10.2. The highest BCUT2D eigenvalue weighted by molar-refractivity contribution is 7.98. The van der Waals surface area contributed by atoms with Crippen LogP contribution in [0.5, 0.6) is 23.0 Å². The van der Waals surface area contributed by atoms with Crippen molar-refractivity contribution in [1.29, 1.82) is 0 Å². The van der Waals surface area contributed by atoms with E-state index >= 15 is 0 Å². The van der Waals surface area contributed by atoms with Crippen molar-refractivity contribution in [3.8, 4) is 34.5 Å². The van der Waals surface area contributed by atoms with Gasteiger partial charge in [0.05, 0.1) is 19.8 Å². The van der Waals surface area contributed by atoms with Gasteiger partial charge in [-0.1, -0.05) is 48.2 Å². The van der Waals surface area contributed by atoms with Gasteiger partial charge in [0.1, 0.15) is 23.0 Å². The zero-order valence-electron chi connectivity index (χ0n) is 16.6. The Kier molecular flexibility index (Phi) is 6.20. The summed E-state index contributed by atoms with van der Waals surface area (Å²) in [7, 11) is 3.20. The molecule has 0 amide bonds. The Morgan fingerprint density at radius 3 is 2.40 bits per heavy atom. The van der Waals surface area contributed by atoms with Gasteiger partial charge in [-0.05, 0) is 30.3 Å². The van der Waals surface area contributed by atoms with Gasteiger partial charge in [-0.25, -0.2) is 0 Å². The molecule has 0 aliphatic carbocycles. The van der Waals surface area contributed by atoms with Crippen molar-refractivity contribution in [1.82, 2.24) is 10.2 Å². The lowest BCUT2D eigenvalue weighted by molar-refractivity contribution is 0.393. The Bertz CT molecular complexity index is 1120. The predicted octanol–water partition coefficient (Wildman–Crippen LogP) is 5.84. The largest absolute Gasteiger partial charge is 0.497 e. The van der Waals surface area contributed by atoms with E-state index in [4.69, 9.17) is 18.6 Å². The third kappa shape index (κ3) is 4.58. The van der Waals surface area contributed by atoms with Crippen molar-refractivity contribution in [2.24, 2.45) is 0 Å². The van der Waals surface area contributed by atoms with Crippen molar-refractivity contribution in [3.05, 3.63) is 78.4 Å². The van der Waals surface area contributed by atoms with Crippen molar-refractivity contribution in [3.63, 3.8) is 0 Å². The summed E-state index contributed by atoms with van der Waals surface area (Å²) in [5, 5.41) is 8.79. The zero-order valence-corrected chi connectivity index (χ0v) is 17.4. The average Bonchev–Trinajstić information content (AvgIpc) is 3.27. The number of aromatic nitrogens is 2. The van der Waals surface area contributed by atoms with Gasteiger partial charge < -0.3 is 18.6 Å². The van der Waals surface area contributed by atoms with E-state index in [9.17, 15) is 0 Å². The third-order valence-corrected chi connectivity index (χ3v) is 5.21. The molecule has 0 aliphatic heterocycles. The average molecular weight is 420 g/mol. The molecule has 0 aliphatic rings. The number of rotatable bonds is 8. The SMILES string of the molecule is COc1ccc(-c2nnc(SCc3ccccc3Oc3ccccc3)o2)c(OC)c1. The van der Waals surface area contributed by atoms with Crippen LogP contribution in [0.2, 0.25) is 0 Å². The van der Waals surface area contributed by atoms with Crippen molar-refractivity contribution >= 4 is 11.8 Å². The van der Waals surface area contributed by atoms with Crippen LogP contribution in [-0.4, -0.2) is 24.4 Å². The summed E-state index contributed by atoms with van der Waals surface area (Å²) in [4.78, 5) is 0. The zero-order chi connectivity index (χ0) is 20.8. The second kappa shape index (κ2) is 9.37. The summed E-state index contributed by atoms with van der Waals surface area (Å²) in [6.07, 6.45) is 0. The highest BCUT2D eigenvalue weighted by Gasteiger charge is 2.15. The molecule has 6 nitrogen and oxygen atoms in total. The number of benzene rings is 3. The topological polar surface area (TPSA) is 66.6 Å². The quantitative estimate of drug-likeness (QED) is 0.332. The standard InChI is InChI=1S/C23H20N2O4S/c1-26-18-12-13-19(21(14-18)27-2)22-24-25-23(29-22)30-15-16-8-6-7-11-20(16)28-17-9-4-3-5-10-17/h3-14H,15H2,1-2H3. The molecule has 152 valence electrons. The van der Waals surface area contributed by atoms with Gasteiger partial charge in [0, 0.05) is 17.4 Å². The molecule has 7 heteroatoms. The van der Waals surface area contributed by atoms with E-state index in [2.05, 4.69) is 10.2 Å². The molecule has 0 bridgehead atoms. The first-order valence-corrected chi connectivity index (χ1v) is 10.2. The molecule has 0 radical (unpaired) electrons. The Hall–Kier alpha value is -3.45. The monoisotopic (exact) mass is 420 g/mol. The third-order valence-electron chi connectivity index (χ3n) is 4.34. The Morgan fingerprint density at radius 2 is 1.60 bits per heavy atom. The molecular formula is C23H20N2O4S. The molecule has 1 aromatic heterocycles. The van der Waals surface area contributed by atoms with E-state index in [1.165, 1.54) is 11.8 Å². The first kappa shape index (κ1) is 19.8. The molecular weight excluding hydrogens is 400 g/mol. The Morgan fingerprint density at radius 1 is 0.800 bits per heavy atom. The number of nitrogens with zero attached hydrogens (tertiary/aromatic N) is 2. The predicted molar refractivity (Wildman–Crippen MR) is 115 cm³/mol. The van der Waals surface area contributed by atoms with E-state index in [1.54, 1.807) is 20.3 Å². The van der Waals surface area contributed by atoms with Crippen LogP contribution < -0.4 is 14.2 Å². The fraction of sp³-hybridized carbons (Fsp3) is 0.130. The van der Waals surface area contributed by atoms with E-state index in [0.717, 1.165) is 17.1 Å².